The van der Waals surface area contributed by atoms with Crippen LogP contribution in [0.4, 0.5) is 5.82 Å². The van der Waals surface area contributed by atoms with Gasteiger partial charge in [-0.15, -0.1) is 0 Å². The van der Waals surface area contributed by atoms with Crippen molar-refractivity contribution in [2.75, 3.05) is 29.6 Å². The number of hydrogen-bond acceptors (Lipinski definition) is 6. The molecule has 0 aliphatic carbocycles. The Morgan fingerprint density at radius 1 is 1.56 bits per heavy atom. The van der Waals surface area contributed by atoms with E-state index in [-0.39, 0.29) is 11.7 Å². The third-order valence-corrected chi connectivity index (χ3v) is 5.33. The van der Waals surface area contributed by atoms with Gasteiger partial charge in [-0.05, 0) is 18.6 Å². The molecule has 1 aliphatic heterocycles. The van der Waals surface area contributed by atoms with Crippen LogP contribution in [0.2, 0.25) is 5.15 Å². The van der Waals surface area contributed by atoms with Crippen LogP contribution >= 0.6 is 23.4 Å². The zero-order valence-corrected chi connectivity index (χ0v) is 12.3. The summed E-state index contributed by atoms with van der Waals surface area (Å²) >= 11 is 7.28. The first-order valence-corrected chi connectivity index (χ1v) is 8.94. The van der Waals surface area contributed by atoms with Crippen molar-refractivity contribution in [3.8, 4) is 0 Å². The highest BCUT2D eigenvalue weighted by molar-refractivity contribution is 7.98. The zero-order chi connectivity index (χ0) is 13.2. The number of nitrogens with one attached hydrogen (secondary N) is 1. The topological polar surface area (TPSA) is 72.0 Å². The van der Waals surface area contributed by atoms with E-state index in [0.29, 0.717) is 34.8 Å². The number of rotatable bonds is 4. The van der Waals surface area contributed by atoms with E-state index in [1.807, 2.05) is 6.26 Å². The van der Waals surface area contributed by atoms with Crippen LogP contribution in [-0.2, 0) is 9.84 Å². The highest BCUT2D eigenvalue weighted by atomic mass is 35.5. The minimum atomic E-state index is -2.82. The lowest BCUT2D eigenvalue weighted by Crippen LogP contribution is -2.16. The Morgan fingerprint density at radius 3 is 2.94 bits per heavy atom. The maximum atomic E-state index is 11.3. The number of aromatic nitrogens is 2. The van der Waals surface area contributed by atoms with E-state index in [1.54, 1.807) is 6.07 Å². The lowest BCUT2D eigenvalue weighted by molar-refractivity contribution is 0.595. The number of hydrogen-bond donors (Lipinski definition) is 1. The molecular formula is C10H14ClN3O2S2. The van der Waals surface area contributed by atoms with E-state index >= 15 is 0 Å². The van der Waals surface area contributed by atoms with E-state index < -0.39 is 9.84 Å². The lowest BCUT2D eigenvalue weighted by atomic mass is 10.1. The summed E-state index contributed by atoms with van der Waals surface area (Å²) in [4.78, 5) is 8.29. The smallest absolute Gasteiger partial charge is 0.190 e. The Morgan fingerprint density at radius 2 is 2.33 bits per heavy atom. The third kappa shape index (κ3) is 3.73. The van der Waals surface area contributed by atoms with Crippen molar-refractivity contribution in [3.63, 3.8) is 0 Å². The summed E-state index contributed by atoms with van der Waals surface area (Å²) < 4.78 is 22.7. The van der Waals surface area contributed by atoms with Crippen molar-refractivity contribution in [2.45, 2.75) is 11.6 Å². The van der Waals surface area contributed by atoms with Gasteiger partial charge in [-0.1, -0.05) is 23.4 Å². The predicted octanol–water partition coefficient (Wildman–Crippen LogP) is 1.70. The van der Waals surface area contributed by atoms with Gasteiger partial charge in [0.1, 0.15) is 11.0 Å². The van der Waals surface area contributed by atoms with Crippen LogP contribution in [0.25, 0.3) is 0 Å². The Balaban J connectivity index is 1.96. The molecule has 1 fully saturated rings. The third-order valence-electron chi connectivity index (χ3n) is 2.76. The summed E-state index contributed by atoms with van der Waals surface area (Å²) in [5.41, 5.74) is 0. The van der Waals surface area contributed by atoms with E-state index in [1.165, 1.54) is 11.8 Å². The molecule has 8 heteroatoms. The molecule has 0 radical (unpaired) electrons. The second kappa shape index (κ2) is 5.63. The molecule has 0 bridgehead atoms. The molecule has 1 aromatic heterocycles. The predicted molar refractivity (Wildman–Crippen MR) is 74.1 cm³/mol. The summed E-state index contributed by atoms with van der Waals surface area (Å²) in [7, 11) is -2.82. The summed E-state index contributed by atoms with van der Waals surface area (Å²) in [5, 5.41) is 4.11. The van der Waals surface area contributed by atoms with Crippen molar-refractivity contribution in [1.82, 2.24) is 9.97 Å². The van der Waals surface area contributed by atoms with Crippen molar-refractivity contribution in [3.05, 3.63) is 11.2 Å². The molecule has 0 aromatic carbocycles. The molecule has 1 saturated heterocycles. The highest BCUT2D eigenvalue weighted by Gasteiger charge is 2.27. The van der Waals surface area contributed by atoms with Crippen molar-refractivity contribution < 1.29 is 8.42 Å². The summed E-state index contributed by atoms with van der Waals surface area (Å²) in [6.07, 6.45) is 2.59. The summed E-state index contributed by atoms with van der Waals surface area (Å²) in [6.45, 7) is 0.598. The minimum Gasteiger partial charge on any atom is -0.370 e. The van der Waals surface area contributed by atoms with Gasteiger partial charge in [0.15, 0.2) is 15.0 Å². The first-order valence-electron chi connectivity index (χ1n) is 5.51. The second-order valence-electron chi connectivity index (χ2n) is 4.21. The number of sulfone groups is 1. The lowest BCUT2D eigenvalue weighted by Gasteiger charge is -2.10. The zero-order valence-electron chi connectivity index (χ0n) is 9.89. The number of anilines is 1. The molecule has 2 heterocycles. The van der Waals surface area contributed by atoms with Gasteiger partial charge in [0.2, 0.25) is 0 Å². The van der Waals surface area contributed by atoms with Crippen LogP contribution in [0.15, 0.2) is 11.2 Å². The molecule has 0 saturated carbocycles. The standard InChI is InChI=1S/C10H14ClN3O2S2/c1-17-10-13-8(11)4-9(14-10)12-5-7-2-3-18(15,16)6-7/h4,7H,2-3,5-6H2,1H3,(H,12,13,14). The van der Waals surface area contributed by atoms with Crippen LogP contribution in [0.5, 0.6) is 0 Å². The van der Waals surface area contributed by atoms with E-state index in [4.69, 9.17) is 11.6 Å². The van der Waals surface area contributed by atoms with Crippen LogP contribution < -0.4 is 5.32 Å². The quantitative estimate of drug-likeness (QED) is 0.518. The van der Waals surface area contributed by atoms with Crippen LogP contribution in [0, 0.1) is 5.92 Å². The van der Waals surface area contributed by atoms with Crippen LogP contribution in [0.3, 0.4) is 0 Å². The molecule has 1 atom stereocenters. The molecule has 1 N–H and O–H groups in total. The molecule has 0 spiro atoms. The number of nitrogens with zero attached hydrogens (tertiary/aromatic N) is 2. The Labute approximate surface area is 116 Å². The number of thioether (sulfide) groups is 1. The largest absolute Gasteiger partial charge is 0.370 e. The molecule has 2 rings (SSSR count). The van der Waals surface area contributed by atoms with Gasteiger partial charge in [0, 0.05) is 12.6 Å². The maximum Gasteiger partial charge on any atom is 0.190 e. The normalized spacial score (nSPS) is 22.0. The van der Waals surface area contributed by atoms with Gasteiger partial charge < -0.3 is 5.32 Å². The first kappa shape index (κ1) is 13.9. The molecule has 0 amide bonds. The average Bonchev–Trinajstić information content (AvgIpc) is 2.65. The minimum absolute atomic E-state index is 0.154. The fourth-order valence-electron chi connectivity index (χ4n) is 1.86. The summed E-state index contributed by atoms with van der Waals surface area (Å²) in [5.74, 6) is 1.35. The van der Waals surface area contributed by atoms with Gasteiger partial charge in [0.05, 0.1) is 11.5 Å². The summed E-state index contributed by atoms with van der Waals surface area (Å²) in [6, 6.07) is 1.64. The van der Waals surface area contributed by atoms with Gasteiger partial charge in [-0.2, -0.15) is 0 Å². The van der Waals surface area contributed by atoms with Gasteiger partial charge in [0.25, 0.3) is 0 Å². The molecule has 18 heavy (non-hydrogen) atoms. The van der Waals surface area contributed by atoms with E-state index in [9.17, 15) is 8.42 Å². The fourth-order valence-corrected chi connectivity index (χ4v) is 4.34. The van der Waals surface area contributed by atoms with Crippen molar-refractivity contribution >= 4 is 39.0 Å². The maximum absolute atomic E-state index is 11.3. The Kier molecular flexibility index (Phi) is 4.34. The van der Waals surface area contributed by atoms with E-state index in [2.05, 4.69) is 15.3 Å². The molecule has 1 aromatic rings. The molecular weight excluding hydrogens is 294 g/mol. The molecule has 1 unspecified atom stereocenters. The van der Waals surface area contributed by atoms with Crippen molar-refractivity contribution in [2.24, 2.45) is 5.92 Å². The molecule has 5 nitrogen and oxygen atoms in total. The van der Waals surface area contributed by atoms with Gasteiger partial charge in [-0.25, -0.2) is 18.4 Å². The van der Waals surface area contributed by atoms with Gasteiger partial charge in [-0.3, -0.25) is 0 Å². The first-order chi connectivity index (χ1) is 8.48. The van der Waals surface area contributed by atoms with Crippen LogP contribution in [-0.4, -0.2) is 42.7 Å². The Hall–Kier alpha value is -0.530. The van der Waals surface area contributed by atoms with E-state index in [0.717, 1.165) is 0 Å². The SMILES string of the molecule is CSc1nc(Cl)cc(NCC2CCS(=O)(=O)C2)n1. The fraction of sp³-hybridized carbons (Fsp3) is 0.600. The van der Waals surface area contributed by atoms with Crippen LogP contribution in [0.1, 0.15) is 6.42 Å². The molecule has 100 valence electrons. The Bertz CT molecular complexity index is 536. The van der Waals surface area contributed by atoms with Gasteiger partial charge >= 0.3 is 0 Å². The monoisotopic (exact) mass is 307 g/mol. The second-order valence-corrected chi connectivity index (χ2v) is 7.60. The average molecular weight is 308 g/mol. The molecule has 1 aliphatic rings. The van der Waals surface area contributed by atoms with Crippen molar-refractivity contribution in [1.29, 1.82) is 0 Å². The highest BCUT2D eigenvalue weighted by Crippen LogP contribution is 2.21. The number of halogens is 1.